The van der Waals surface area contributed by atoms with Gasteiger partial charge in [0.15, 0.2) is 6.61 Å². The first-order valence-electron chi connectivity index (χ1n) is 12.3. The summed E-state index contributed by atoms with van der Waals surface area (Å²) in [6.45, 7) is -1.32. The van der Waals surface area contributed by atoms with Gasteiger partial charge in [-0.3, -0.25) is 9.00 Å². The largest absolute Gasteiger partial charge is 0.482 e. The number of anilines is 2. The lowest BCUT2D eigenvalue weighted by atomic mass is 10.1. The fourth-order valence-electron chi connectivity index (χ4n) is 4.34. The number of aromatic nitrogens is 1. The molecule has 2 heterocycles. The van der Waals surface area contributed by atoms with Gasteiger partial charge >= 0.3 is 6.18 Å². The van der Waals surface area contributed by atoms with Gasteiger partial charge < -0.3 is 25.7 Å². The van der Waals surface area contributed by atoms with E-state index in [-0.39, 0.29) is 24.9 Å². The Balaban J connectivity index is 1.58. The Kier molecular flexibility index (Phi) is 9.35. The Labute approximate surface area is 231 Å². The van der Waals surface area contributed by atoms with Crippen LogP contribution in [0.15, 0.2) is 47.4 Å². The van der Waals surface area contributed by atoms with Crippen molar-refractivity contribution in [3.05, 3.63) is 48.2 Å². The molecule has 12 heteroatoms. The van der Waals surface area contributed by atoms with Gasteiger partial charge in [-0.2, -0.15) is 13.2 Å². The molecule has 4 N–H and O–H groups in total. The lowest BCUT2D eigenvalue weighted by molar-refractivity contribution is -0.140. The molecule has 2 aromatic carbocycles. The minimum Gasteiger partial charge on any atom is -0.482 e. The minimum absolute atomic E-state index is 0.112. The van der Waals surface area contributed by atoms with Crippen LogP contribution in [0.1, 0.15) is 18.5 Å². The van der Waals surface area contributed by atoms with Crippen molar-refractivity contribution in [2.75, 3.05) is 41.5 Å². The first-order chi connectivity index (χ1) is 18.6. The number of ether oxygens (including phenoxy) is 1. The minimum atomic E-state index is -4.43. The Morgan fingerprint density at radius 1 is 1.21 bits per heavy atom. The van der Waals surface area contributed by atoms with Crippen molar-refractivity contribution >= 4 is 50.7 Å². The number of carbonyl (C=O) groups is 1. The van der Waals surface area contributed by atoms with Crippen molar-refractivity contribution in [2.45, 2.75) is 36.5 Å². The van der Waals surface area contributed by atoms with Gasteiger partial charge in [-0.1, -0.05) is 12.0 Å². The highest BCUT2D eigenvalue weighted by Gasteiger charge is 2.30. The maximum absolute atomic E-state index is 13.5. The monoisotopic (exact) mass is 578 g/mol. The number of nitrogens with two attached hydrogens (primary N) is 1. The molecular weight excluding hydrogens is 549 g/mol. The molecule has 4 rings (SSSR count). The number of amides is 1. The van der Waals surface area contributed by atoms with Crippen molar-refractivity contribution < 1.29 is 26.9 Å². The molecule has 0 atom stereocenters. The molecule has 1 aliphatic rings. The van der Waals surface area contributed by atoms with Crippen LogP contribution in [-0.4, -0.2) is 57.8 Å². The predicted octanol–water partition coefficient (Wildman–Crippen LogP) is 4.58. The molecule has 0 radical (unpaired) electrons. The first-order valence-corrected chi connectivity index (χ1v) is 15.0. The number of hydrogen-bond acceptors (Lipinski definition) is 6. The maximum atomic E-state index is 13.5. The second kappa shape index (κ2) is 12.7. The highest BCUT2D eigenvalue weighted by Crippen LogP contribution is 2.32. The molecule has 3 aromatic rings. The molecule has 0 spiro atoms. The Hall–Kier alpha value is -3.30. The summed E-state index contributed by atoms with van der Waals surface area (Å²) in [6.07, 6.45) is -1.03. The highest BCUT2D eigenvalue weighted by atomic mass is 32.2. The predicted molar refractivity (Wildman–Crippen MR) is 151 cm³/mol. The topological polar surface area (TPSA) is 98.4 Å². The summed E-state index contributed by atoms with van der Waals surface area (Å²) in [4.78, 5) is 12.1. The van der Waals surface area contributed by atoms with E-state index in [9.17, 15) is 22.2 Å². The fourth-order valence-corrected chi connectivity index (χ4v) is 6.07. The molecule has 0 aliphatic carbocycles. The molecule has 0 saturated carbocycles. The Morgan fingerprint density at radius 3 is 2.67 bits per heavy atom. The van der Waals surface area contributed by atoms with Crippen LogP contribution in [0.3, 0.4) is 0 Å². The van der Waals surface area contributed by atoms with Gasteiger partial charge in [0, 0.05) is 44.3 Å². The van der Waals surface area contributed by atoms with E-state index in [1.54, 1.807) is 30.3 Å². The van der Waals surface area contributed by atoms with Crippen LogP contribution in [0.2, 0.25) is 0 Å². The normalized spacial score (nSPS) is 17.3. The number of thioether (sulfide) groups is 1. The number of primary amides is 1. The van der Waals surface area contributed by atoms with Crippen LogP contribution < -0.4 is 21.1 Å². The highest BCUT2D eigenvalue weighted by molar-refractivity contribution is 7.98. The first kappa shape index (κ1) is 28.7. The number of nitrogens with zero attached hydrogens (tertiary/aromatic N) is 1. The summed E-state index contributed by atoms with van der Waals surface area (Å²) in [6, 6.07) is 12.4. The van der Waals surface area contributed by atoms with E-state index in [0.717, 1.165) is 23.4 Å². The summed E-state index contributed by atoms with van der Waals surface area (Å²) in [5.74, 6) is 6.84. The van der Waals surface area contributed by atoms with Gasteiger partial charge in [0.25, 0.3) is 5.91 Å². The summed E-state index contributed by atoms with van der Waals surface area (Å²) < 4.78 is 58.9. The quantitative estimate of drug-likeness (QED) is 0.254. The van der Waals surface area contributed by atoms with E-state index in [1.165, 1.54) is 16.3 Å². The molecule has 1 aliphatic heterocycles. The van der Waals surface area contributed by atoms with Gasteiger partial charge in [-0.05, 0) is 61.4 Å². The average Bonchev–Trinajstić information content (AvgIpc) is 3.23. The Morgan fingerprint density at radius 2 is 1.97 bits per heavy atom. The van der Waals surface area contributed by atoms with Crippen LogP contribution in [0.5, 0.6) is 5.75 Å². The molecule has 1 saturated heterocycles. The zero-order valence-corrected chi connectivity index (χ0v) is 22.9. The number of halogens is 3. The fraction of sp³-hybridized carbons (Fsp3) is 0.370. The van der Waals surface area contributed by atoms with Gasteiger partial charge in [0.1, 0.15) is 12.3 Å². The number of alkyl halides is 3. The van der Waals surface area contributed by atoms with Crippen LogP contribution in [0.4, 0.5) is 24.5 Å². The number of hydrogen-bond donors (Lipinski definition) is 3. The third-order valence-corrected chi connectivity index (χ3v) is 8.28. The van der Waals surface area contributed by atoms with Crippen LogP contribution in [0, 0.1) is 11.8 Å². The maximum Gasteiger partial charge on any atom is 0.406 e. The SMILES string of the molecule is CSc1ccc(NCC#Cc2cc3c(NC4CCS(=O)CC4)cccc3n2CC(F)(F)F)c(OCC(N)=O)c1. The van der Waals surface area contributed by atoms with E-state index in [2.05, 4.69) is 22.5 Å². The van der Waals surface area contributed by atoms with Crippen molar-refractivity contribution in [3.8, 4) is 17.6 Å². The number of fused-ring (bicyclic) bond motifs is 1. The van der Waals surface area contributed by atoms with Crippen LogP contribution in [0.25, 0.3) is 10.9 Å². The van der Waals surface area contributed by atoms with E-state index in [4.69, 9.17) is 10.5 Å². The number of carbonyl (C=O) groups excluding carboxylic acids is 1. The van der Waals surface area contributed by atoms with Crippen LogP contribution in [-0.2, 0) is 22.1 Å². The van der Waals surface area contributed by atoms with Crippen molar-refractivity contribution in [1.82, 2.24) is 4.57 Å². The third-order valence-electron chi connectivity index (χ3n) is 6.17. The second-order valence-electron chi connectivity index (χ2n) is 9.01. The zero-order chi connectivity index (χ0) is 28.0. The summed E-state index contributed by atoms with van der Waals surface area (Å²) >= 11 is 1.51. The lowest BCUT2D eigenvalue weighted by Gasteiger charge is -2.24. The number of nitrogens with one attached hydrogen (secondary N) is 2. The number of benzene rings is 2. The standard InChI is InChI=1S/C27H29F3N4O3S2/c1-38-20-7-8-23(25(15-20)37-16-26(31)35)32-11-3-4-19-14-21-22(33-18-9-12-39(36)13-10-18)5-2-6-24(21)34(19)17-27(28,29)30/h2,5-8,14-15,18,32-33H,9-13,16-17H2,1H3,(H2,31,35). The summed E-state index contributed by atoms with van der Waals surface area (Å²) in [5, 5.41) is 7.19. The van der Waals surface area contributed by atoms with Gasteiger partial charge in [-0.25, -0.2) is 0 Å². The molecule has 1 aromatic heterocycles. The summed E-state index contributed by atoms with van der Waals surface area (Å²) in [5.41, 5.74) is 7.19. The van der Waals surface area contributed by atoms with Gasteiger partial charge in [-0.15, -0.1) is 11.8 Å². The van der Waals surface area contributed by atoms with E-state index >= 15 is 0 Å². The average molecular weight is 579 g/mol. The number of rotatable bonds is 9. The molecule has 0 bridgehead atoms. The van der Waals surface area contributed by atoms with Gasteiger partial charge in [0.05, 0.1) is 23.4 Å². The van der Waals surface area contributed by atoms with Crippen molar-refractivity contribution in [3.63, 3.8) is 0 Å². The Bertz CT molecular complexity index is 1420. The molecule has 1 amide bonds. The molecule has 0 unspecified atom stereocenters. The van der Waals surface area contributed by atoms with E-state index in [0.29, 0.717) is 33.8 Å². The van der Waals surface area contributed by atoms with Gasteiger partial charge in [0.2, 0.25) is 0 Å². The lowest BCUT2D eigenvalue weighted by Crippen LogP contribution is -2.29. The molecule has 208 valence electrons. The second-order valence-corrected chi connectivity index (χ2v) is 11.6. The van der Waals surface area contributed by atoms with Crippen LogP contribution >= 0.6 is 11.8 Å². The van der Waals surface area contributed by atoms with E-state index in [1.807, 2.05) is 18.4 Å². The van der Waals surface area contributed by atoms with Crippen molar-refractivity contribution in [1.29, 1.82) is 0 Å². The zero-order valence-electron chi connectivity index (χ0n) is 21.3. The molecule has 7 nitrogen and oxygen atoms in total. The smallest absolute Gasteiger partial charge is 0.406 e. The van der Waals surface area contributed by atoms with Crippen molar-refractivity contribution in [2.24, 2.45) is 5.73 Å². The third kappa shape index (κ3) is 7.86. The molecular formula is C27H29F3N4O3S2. The summed E-state index contributed by atoms with van der Waals surface area (Å²) in [7, 11) is -0.805. The van der Waals surface area contributed by atoms with E-state index < -0.39 is 29.4 Å². The molecule has 39 heavy (non-hydrogen) atoms. The molecule has 1 fully saturated rings.